The van der Waals surface area contributed by atoms with Crippen molar-refractivity contribution in [1.82, 2.24) is 36.5 Å². The lowest BCUT2D eigenvalue weighted by Gasteiger charge is -2.39. The number of hydrogen-bond acceptors (Lipinski definition) is 3. The average molecular weight is 1680 g/mol. The molecule has 3 amide bonds. The number of hydrogen-bond donors (Lipinski definition) is 1. The second kappa shape index (κ2) is 28.4. The summed E-state index contributed by atoms with van der Waals surface area (Å²) in [4.78, 5) is 57.2. The molecule has 1 atom stereocenters. The molecular formula is C118H78N10O3. The molecule has 26 aromatic rings. The summed E-state index contributed by atoms with van der Waals surface area (Å²) in [5.74, 6) is -1.60. The van der Waals surface area contributed by atoms with Crippen molar-refractivity contribution in [3.63, 3.8) is 0 Å². The van der Waals surface area contributed by atoms with Crippen LogP contribution in [0, 0.1) is 0 Å². The van der Waals surface area contributed by atoms with Gasteiger partial charge in [-0.2, -0.15) is 0 Å². The second-order valence-corrected chi connectivity index (χ2v) is 34.9. The number of para-hydroxylation sites is 18. The number of benzene rings is 18. The van der Waals surface area contributed by atoms with Crippen LogP contribution in [0.25, 0.3) is 203 Å². The van der Waals surface area contributed by atoms with E-state index >= 15 is 14.4 Å². The van der Waals surface area contributed by atoms with E-state index in [1.54, 1.807) is 0 Å². The molecule has 0 bridgehead atoms. The van der Waals surface area contributed by atoms with Crippen LogP contribution < -0.4 is 10.2 Å². The van der Waals surface area contributed by atoms with Crippen LogP contribution in [-0.4, -0.2) is 54.3 Å². The molecule has 131 heavy (non-hydrogen) atoms. The third-order valence-corrected chi connectivity index (χ3v) is 28.2. The summed E-state index contributed by atoms with van der Waals surface area (Å²) in [5.41, 5.74) is 17.8. The maximum Gasteiger partial charge on any atom is 0.268 e. The first-order chi connectivity index (χ1) is 64.8. The van der Waals surface area contributed by atoms with E-state index in [9.17, 15) is 0 Å². The minimum atomic E-state index is -1.26. The van der Waals surface area contributed by atoms with Gasteiger partial charge in [-0.3, -0.25) is 14.4 Å². The number of fused-ring (bicyclic) bond motifs is 25. The van der Waals surface area contributed by atoms with Gasteiger partial charge in [0.15, 0.2) is 0 Å². The Hall–Kier alpha value is -17.3. The van der Waals surface area contributed by atoms with Gasteiger partial charge in [0.25, 0.3) is 17.7 Å². The Morgan fingerprint density at radius 2 is 0.489 bits per heavy atom. The predicted octanol–water partition coefficient (Wildman–Crippen LogP) is 28.4. The first-order valence-electron chi connectivity index (χ1n) is 44.9. The molecule has 9 heterocycles. The summed E-state index contributed by atoms with van der Waals surface area (Å²) in [7, 11) is 0. The lowest BCUT2D eigenvalue weighted by Crippen LogP contribution is -2.40. The molecule has 0 radical (unpaired) electrons. The van der Waals surface area contributed by atoms with Crippen LogP contribution in [0.1, 0.15) is 34.1 Å². The highest BCUT2D eigenvalue weighted by atomic mass is 16.2. The first-order valence-corrected chi connectivity index (χ1v) is 44.9. The number of carbonyl (C=O) groups excluding carboxylic acids is 3. The van der Waals surface area contributed by atoms with E-state index in [0.29, 0.717) is 41.4 Å². The zero-order chi connectivity index (χ0) is 86.6. The van der Waals surface area contributed by atoms with E-state index < -0.39 is 23.3 Å². The standard InChI is InChI=1S/C118H78N10O3/c1-118(128-105-67-33-16-50-87(105)88-51-17-34-68-106(88)128,72-121-93-55-21-4-38-75(93)76-39-5-22-56-94(76)121)114(126-103-65-31-14-48-85(103)86-49-15-32-66-104(86)126)89(70-71-120-91-53-19-2-36-73(91)74-37-3-20-54-92(74)120)115(129)119-90-52-18-35-69-107(90)127-116(130)108-109(117(127)131)111(123-97-59-25-8-42-79(97)80-43-9-26-60-98(80)123)113(125-101-63-29-12-46-83(101)84-47-13-30-64-102(84)125)112(124-99-61-27-10-44-81(99)82-45-11-28-62-100(82)124)110(108)122-95-57-23-6-40-77(95)78-41-7-24-58-96(78)122/h2-69H,70-72H2,1H3,(H,119,129)/b114-89-. The van der Waals surface area contributed by atoms with E-state index in [4.69, 9.17) is 0 Å². The summed E-state index contributed by atoms with van der Waals surface area (Å²) < 4.78 is 19.0. The highest BCUT2D eigenvalue weighted by Crippen LogP contribution is 2.55. The Kier molecular flexibility index (Phi) is 16.0. The van der Waals surface area contributed by atoms with Crippen molar-refractivity contribution in [2.45, 2.75) is 32.0 Å². The van der Waals surface area contributed by atoms with E-state index in [1.165, 1.54) is 4.90 Å². The maximum atomic E-state index is 18.6. The van der Waals surface area contributed by atoms with Crippen LogP contribution in [-0.2, 0) is 23.4 Å². The topological polar surface area (TPSA) is 106 Å². The molecule has 13 nitrogen and oxygen atoms in total. The molecule has 0 fully saturated rings. The quantitative estimate of drug-likeness (QED) is 0.0816. The summed E-state index contributed by atoms with van der Waals surface area (Å²) in [6.07, 6.45) is 0.168. The van der Waals surface area contributed by atoms with Crippen LogP contribution >= 0.6 is 0 Å². The number of allylic oxidation sites excluding steroid dienone is 1. The molecule has 0 spiro atoms. The van der Waals surface area contributed by atoms with Crippen molar-refractivity contribution in [2.24, 2.45) is 0 Å². The summed E-state index contributed by atoms with van der Waals surface area (Å²) in [6.45, 7) is 3.00. The maximum absolute atomic E-state index is 18.6. The van der Waals surface area contributed by atoms with Gasteiger partial charge in [-0.15, -0.1) is 0 Å². The van der Waals surface area contributed by atoms with Crippen molar-refractivity contribution in [3.8, 4) is 22.7 Å². The molecule has 27 rings (SSSR count). The van der Waals surface area contributed by atoms with Gasteiger partial charge in [-0.25, -0.2) is 4.90 Å². The van der Waals surface area contributed by atoms with Gasteiger partial charge in [0.1, 0.15) is 5.54 Å². The molecule has 1 aliphatic rings. The van der Waals surface area contributed by atoms with Crippen LogP contribution in [0.4, 0.5) is 11.4 Å². The fourth-order valence-corrected chi connectivity index (χ4v) is 23.0. The fraction of sp³-hybridized carbons (Fsp3) is 0.0424. The van der Waals surface area contributed by atoms with Gasteiger partial charge in [0.05, 0.1) is 124 Å². The molecule has 18 aromatic carbocycles. The Morgan fingerprint density at radius 1 is 0.260 bits per heavy atom. The van der Waals surface area contributed by atoms with Gasteiger partial charge in [0, 0.05) is 120 Å². The predicted molar refractivity (Wildman–Crippen MR) is 539 cm³/mol. The minimum absolute atomic E-state index is 0.168. The van der Waals surface area contributed by atoms with Crippen molar-refractivity contribution in [2.75, 3.05) is 10.2 Å². The smallest absolute Gasteiger partial charge is 0.268 e. The molecule has 0 saturated heterocycles. The van der Waals surface area contributed by atoms with Crippen LogP contribution in [0.2, 0.25) is 0 Å². The van der Waals surface area contributed by atoms with Gasteiger partial charge in [-0.1, -0.05) is 303 Å². The number of imide groups is 1. The number of carbonyl (C=O) groups is 3. The Balaban J connectivity index is 0.775. The molecule has 0 aliphatic carbocycles. The second-order valence-electron chi connectivity index (χ2n) is 34.9. The SMILES string of the molecule is CC(Cn1c2ccccc2c2ccccc21)(/C(=C(\CCn1c2ccccc2c2ccccc21)C(=O)Nc1ccccc1N1C(=O)c2c(c(-n3c4ccccc4c4ccccc43)c(-n3c4ccccc4c4ccccc43)c(-n3c4ccccc4c4ccccc43)c2-n2c3ccccc3c3ccccc32)C1=O)n1c2ccccc2c2ccccc21)n1c2ccccc2c2ccccc21. The highest BCUT2D eigenvalue weighted by Gasteiger charge is 2.49. The van der Waals surface area contributed by atoms with Crippen molar-refractivity contribution in [1.29, 1.82) is 0 Å². The average Bonchev–Trinajstić information content (AvgIpc) is 1.52. The third-order valence-electron chi connectivity index (χ3n) is 28.2. The Morgan fingerprint density at radius 3 is 0.802 bits per heavy atom. The lowest BCUT2D eigenvalue weighted by molar-refractivity contribution is -0.113. The number of amides is 3. The van der Waals surface area contributed by atoms with Crippen LogP contribution in [0.5, 0.6) is 0 Å². The number of nitrogens with one attached hydrogen (secondary N) is 1. The molecule has 13 heteroatoms. The minimum Gasteiger partial charge on any atom is -0.340 e. The van der Waals surface area contributed by atoms with Crippen molar-refractivity contribution >= 4 is 209 Å². The van der Waals surface area contributed by atoms with Crippen LogP contribution in [0.15, 0.2) is 418 Å². The third kappa shape index (κ3) is 10.4. The molecular weight excluding hydrogens is 1610 g/mol. The summed E-state index contributed by atoms with van der Waals surface area (Å²) >= 11 is 0. The van der Waals surface area contributed by atoms with E-state index in [-0.39, 0.29) is 28.9 Å². The highest BCUT2D eigenvalue weighted by molar-refractivity contribution is 6.39. The molecule has 618 valence electrons. The zero-order valence-corrected chi connectivity index (χ0v) is 71.1. The van der Waals surface area contributed by atoms with E-state index in [0.717, 1.165) is 180 Å². The first kappa shape index (κ1) is 74.0. The van der Waals surface area contributed by atoms with Crippen LogP contribution in [0.3, 0.4) is 0 Å². The van der Waals surface area contributed by atoms with E-state index in [1.807, 2.05) is 24.3 Å². The molecule has 0 saturated carbocycles. The number of nitrogens with zero attached hydrogens (tertiary/aromatic N) is 9. The number of rotatable bonds is 15. The van der Waals surface area contributed by atoms with Gasteiger partial charge in [0.2, 0.25) is 0 Å². The van der Waals surface area contributed by atoms with Crippen molar-refractivity contribution in [3.05, 3.63) is 429 Å². The number of anilines is 2. The number of aromatic nitrogens is 8. The lowest BCUT2D eigenvalue weighted by atomic mass is 9.89. The van der Waals surface area contributed by atoms with Gasteiger partial charge >= 0.3 is 0 Å². The van der Waals surface area contributed by atoms with Gasteiger partial charge in [-0.05, 0) is 123 Å². The van der Waals surface area contributed by atoms with E-state index in [2.05, 4.69) is 437 Å². The van der Waals surface area contributed by atoms with Gasteiger partial charge < -0.3 is 41.9 Å². The zero-order valence-electron chi connectivity index (χ0n) is 71.1. The molecule has 1 unspecified atom stereocenters. The summed E-state index contributed by atoms with van der Waals surface area (Å²) in [6, 6.07) is 145. The summed E-state index contributed by atoms with van der Waals surface area (Å²) in [5, 5.41) is 20.2. The molecule has 1 aliphatic heterocycles. The Bertz CT molecular complexity index is 8820. The number of aryl methyl sites for hydroxylation is 1. The monoisotopic (exact) mass is 1680 g/mol. The fourth-order valence-electron chi connectivity index (χ4n) is 23.0. The van der Waals surface area contributed by atoms with Crippen molar-refractivity contribution < 1.29 is 14.4 Å². The molecule has 1 N–H and O–H groups in total. The largest absolute Gasteiger partial charge is 0.340 e. The Labute approximate surface area is 749 Å². The molecule has 8 aromatic heterocycles. The normalized spacial score (nSPS) is 13.4.